The molecule has 0 aliphatic heterocycles. The van der Waals surface area contributed by atoms with Gasteiger partial charge in [0.15, 0.2) is 0 Å². The Kier molecular flexibility index (Phi) is 3.26. The van der Waals surface area contributed by atoms with Crippen LogP contribution in [0.1, 0.15) is 43.8 Å². The predicted octanol–water partition coefficient (Wildman–Crippen LogP) is 3.42. The third-order valence-electron chi connectivity index (χ3n) is 3.59. The Balaban J connectivity index is 2.07. The standard InChI is InChI=1S/C14H12ClFN2OS/c1-6-12(13(17)19)20-14(18-6)9-3-2-8-10(9)4-7(15)5-11(8)16/h4-5,9H,2-3H2,1H3,(H2,17,19)/t9-/m1/s1. The van der Waals surface area contributed by atoms with Crippen molar-refractivity contribution in [3.05, 3.63) is 49.7 Å². The largest absolute Gasteiger partial charge is 0.365 e. The van der Waals surface area contributed by atoms with Gasteiger partial charge in [0.1, 0.15) is 15.7 Å². The number of benzene rings is 1. The van der Waals surface area contributed by atoms with Crippen LogP contribution in [0.2, 0.25) is 5.02 Å². The molecule has 0 spiro atoms. The average molecular weight is 311 g/mol. The van der Waals surface area contributed by atoms with Crippen molar-refractivity contribution in [2.24, 2.45) is 5.73 Å². The second kappa shape index (κ2) is 4.82. The molecule has 3 rings (SSSR count). The first-order valence-electron chi connectivity index (χ1n) is 6.22. The molecule has 1 aromatic heterocycles. The highest BCUT2D eigenvalue weighted by Gasteiger charge is 2.30. The van der Waals surface area contributed by atoms with Gasteiger partial charge >= 0.3 is 0 Å². The maximum absolute atomic E-state index is 13.9. The van der Waals surface area contributed by atoms with Gasteiger partial charge in [0, 0.05) is 10.9 Å². The van der Waals surface area contributed by atoms with Gasteiger partial charge in [0.25, 0.3) is 5.91 Å². The number of amides is 1. The molecule has 0 unspecified atom stereocenters. The Morgan fingerprint density at radius 2 is 2.30 bits per heavy atom. The number of halogens is 2. The van der Waals surface area contributed by atoms with E-state index in [2.05, 4.69) is 4.98 Å². The van der Waals surface area contributed by atoms with Crippen molar-refractivity contribution < 1.29 is 9.18 Å². The van der Waals surface area contributed by atoms with Gasteiger partial charge in [-0.2, -0.15) is 0 Å². The summed E-state index contributed by atoms with van der Waals surface area (Å²) in [6, 6.07) is 3.13. The second-order valence-electron chi connectivity index (χ2n) is 4.88. The van der Waals surface area contributed by atoms with Crippen molar-refractivity contribution in [2.75, 3.05) is 0 Å². The second-order valence-corrected chi connectivity index (χ2v) is 6.34. The van der Waals surface area contributed by atoms with Gasteiger partial charge in [0.2, 0.25) is 0 Å². The first-order chi connectivity index (χ1) is 9.47. The van der Waals surface area contributed by atoms with Crippen molar-refractivity contribution in [3.63, 3.8) is 0 Å². The summed E-state index contributed by atoms with van der Waals surface area (Å²) >= 11 is 7.23. The van der Waals surface area contributed by atoms with Crippen molar-refractivity contribution in [1.29, 1.82) is 0 Å². The number of aromatic nitrogens is 1. The van der Waals surface area contributed by atoms with E-state index >= 15 is 0 Å². The Morgan fingerprint density at radius 3 is 2.95 bits per heavy atom. The van der Waals surface area contributed by atoms with Gasteiger partial charge in [-0.15, -0.1) is 11.3 Å². The summed E-state index contributed by atoms with van der Waals surface area (Å²) in [7, 11) is 0. The lowest BCUT2D eigenvalue weighted by Gasteiger charge is -2.08. The fourth-order valence-corrected chi connectivity index (χ4v) is 3.98. The molecular formula is C14H12ClFN2OS. The summed E-state index contributed by atoms with van der Waals surface area (Å²) < 4.78 is 13.9. The summed E-state index contributed by atoms with van der Waals surface area (Å²) in [5, 5.41) is 1.19. The fourth-order valence-electron chi connectivity index (χ4n) is 2.69. The van der Waals surface area contributed by atoms with Crippen LogP contribution in [0.15, 0.2) is 12.1 Å². The normalized spacial score (nSPS) is 17.2. The number of rotatable bonds is 2. The Morgan fingerprint density at radius 1 is 1.55 bits per heavy atom. The lowest BCUT2D eigenvalue weighted by Crippen LogP contribution is -2.10. The van der Waals surface area contributed by atoms with Crippen LogP contribution in [0.25, 0.3) is 0 Å². The lowest BCUT2D eigenvalue weighted by molar-refractivity contribution is 0.100. The third kappa shape index (κ3) is 2.11. The predicted molar refractivity (Wildman–Crippen MR) is 76.9 cm³/mol. The van der Waals surface area contributed by atoms with Crippen molar-refractivity contribution in [3.8, 4) is 0 Å². The molecule has 3 nitrogen and oxygen atoms in total. The number of fused-ring (bicyclic) bond motifs is 1. The van der Waals surface area contributed by atoms with E-state index < -0.39 is 5.91 Å². The Hall–Kier alpha value is -1.46. The van der Waals surface area contributed by atoms with Crippen LogP contribution < -0.4 is 5.73 Å². The highest BCUT2D eigenvalue weighted by molar-refractivity contribution is 7.13. The summed E-state index contributed by atoms with van der Waals surface area (Å²) in [6.07, 6.45) is 1.44. The number of hydrogen-bond acceptors (Lipinski definition) is 3. The molecule has 104 valence electrons. The molecule has 1 amide bonds. The topological polar surface area (TPSA) is 56.0 Å². The van der Waals surface area contributed by atoms with Crippen LogP contribution in [-0.2, 0) is 6.42 Å². The number of nitrogens with two attached hydrogens (primary N) is 1. The van der Waals surface area contributed by atoms with Gasteiger partial charge < -0.3 is 5.73 Å². The summed E-state index contributed by atoms with van der Waals surface area (Å²) in [5.41, 5.74) is 7.53. The highest BCUT2D eigenvalue weighted by atomic mass is 35.5. The van der Waals surface area contributed by atoms with Crippen LogP contribution in [0.3, 0.4) is 0 Å². The smallest absolute Gasteiger partial charge is 0.260 e. The molecule has 0 saturated heterocycles. The van der Waals surface area contributed by atoms with E-state index in [1.807, 2.05) is 0 Å². The zero-order valence-electron chi connectivity index (χ0n) is 10.7. The monoisotopic (exact) mass is 310 g/mol. The van der Waals surface area contributed by atoms with E-state index in [0.29, 0.717) is 27.6 Å². The third-order valence-corrected chi connectivity index (χ3v) is 5.09. The molecule has 1 aromatic carbocycles. The van der Waals surface area contributed by atoms with Crippen molar-refractivity contribution in [1.82, 2.24) is 4.98 Å². The quantitative estimate of drug-likeness (QED) is 0.924. The maximum Gasteiger partial charge on any atom is 0.260 e. The number of carbonyl (C=O) groups is 1. The molecule has 0 radical (unpaired) electrons. The minimum Gasteiger partial charge on any atom is -0.365 e. The number of nitrogens with zero attached hydrogens (tertiary/aromatic N) is 1. The molecule has 1 atom stereocenters. The summed E-state index contributed by atoms with van der Waals surface area (Å²) in [4.78, 5) is 16.2. The van der Waals surface area contributed by atoms with E-state index in [9.17, 15) is 9.18 Å². The molecular weight excluding hydrogens is 299 g/mol. The minimum atomic E-state index is -0.471. The first kappa shape index (κ1) is 13.5. The zero-order valence-corrected chi connectivity index (χ0v) is 12.3. The van der Waals surface area contributed by atoms with Gasteiger partial charge in [-0.05, 0) is 43.0 Å². The van der Waals surface area contributed by atoms with Crippen LogP contribution in [0.5, 0.6) is 0 Å². The number of thiazole rings is 1. The lowest BCUT2D eigenvalue weighted by atomic mass is 10.0. The fraction of sp³-hybridized carbons (Fsp3) is 0.286. The van der Waals surface area contributed by atoms with Gasteiger partial charge in [-0.3, -0.25) is 4.79 Å². The minimum absolute atomic E-state index is 0.00463. The van der Waals surface area contributed by atoms with E-state index in [4.69, 9.17) is 17.3 Å². The maximum atomic E-state index is 13.9. The molecule has 2 aromatic rings. The summed E-state index contributed by atoms with van der Waals surface area (Å²) in [5.74, 6) is -0.741. The van der Waals surface area contributed by atoms with E-state index in [1.54, 1.807) is 13.0 Å². The molecule has 0 saturated carbocycles. The zero-order chi connectivity index (χ0) is 14.4. The molecule has 1 aliphatic rings. The SMILES string of the molecule is Cc1nc([C@@H]2CCc3c(F)cc(Cl)cc32)sc1C(N)=O. The molecule has 1 aliphatic carbocycles. The number of primary amides is 1. The highest BCUT2D eigenvalue weighted by Crippen LogP contribution is 2.42. The van der Waals surface area contributed by atoms with Gasteiger partial charge in [0.05, 0.1) is 5.69 Å². The first-order valence-corrected chi connectivity index (χ1v) is 7.41. The molecule has 1 heterocycles. The van der Waals surface area contributed by atoms with E-state index in [1.165, 1.54) is 17.4 Å². The average Bonchev–Trinajstić information content (AvgIpc) is 2.92. The number of aryl methyl sites for hydroxylation is 1. The van der Waals surface area contributed by atoms with Crippen LogP contribution in [0, 0.1) is 12.7 Å². The van der Waals surface area contributed by atoms with Gasteiger partial charge in [-0.1, -0.05) is 11.6 Å². The van der Waals surface area contributed by atoms with Crippen LogP contribution >= 0.6 is 22.9 Å². The molecule has 2 N–H and O–H groups in total. The molecule has 20 heavy (non-hydrogen) atoms. The van der Waals surface area contributed by atoms with Crippen molar-refractivity contribution in [2.45, 2.75) is 25.7 Å². The number of carbonyl (C=O) groups excluding carboxylic acids is 1. The van der Waals surface area contributed by atoms with E-state index in [0.717, 1.165) is 17.0 Å². The Labute approximate surface area is 124 Å². The Bertz CT molecular complexity index is 713. The summed E-state index contributed by atoms with van der Waals surface area (Å²) in [6.45, 7) is 1.76. The van der Waals surface area contributed by atoms with Crippen LogP contribution in [0.4, 0.5) is 4.39 Å². The van der Waals surface area contributed by atoms with Crippen molar-refractivity contribution >= 4 is 28.8 Å². The van der Waals surface area contributed by atoms with Crippen LogP contribution in [-0.4, -0.2) is 10.9 Å². The molecule has 0 fully saturated rings. The molecule has 6 heteroatoms. The van der Waals surface area contributed by atoms with Gasteiger partial charge in [-0.25, -0.2) is 9.37 Å². The molecule has 0 bridgehead atoms. The van der Waals surface area contributed by atoms with E-state index in [-0.39, 0.29) is 11.7 Å². The number of hydrogen-bond donors (Lipinski definition) is 1.